The Morgan fingerprint density at radius 1 is 1.59 bits per heavy atom. The van der Waals surface area contributed by atoms with E-state index in [9.17, 15) is 10.1 Å². The highest BCUT2D eigenvalue weighted by molar-refractivity contribution is 8.76. The van der Waals surface area contributed by atoms with Crippen molar-refractivity contribution in [3.05, 3.63) is 40.6 Å². The van der Waals surface area contributed by atoms with E-state index in [1.54, 1.807) is 12.1 Å². The van der Waals surface area contributed by atoms with Gasteiger partial charge in [0.15, 0.2) is 5.03 Å². The van der Waals surface area contributed by atoms with Crippen LogP contribution < -0.4 is 5.90 Å². The molecule has 0 fully saturated rings. The molecule has 0 amide bonds. The van der Waals surface area contributed by atoms with Crippen molar-refractivity contribution in [2.24, 2.45) is 5.90 Å². The molecule has 0 radical (unpaired) electrons. The Morgan fingerprint density at radius 2 is 2.41 bits per heavy atom. The number of nitro groups is 1. The van der Waals surface area contributed by atoms with E-state index in [0.29, 0.717) is 17.4 Å². The van der Waals surface area contributed by atoms with Gasteiger partial charge in [0.1, 0.15) is 0 Å². The molecule has 0 bridgehead atoms. The second-order valence-corrected chi connectivity index (χ2v) is 5.09. The van der Waals surface area contributed by atoms with Gasteiger partial charge in [0, 0.05) is 18.0 Å². The van der Waals surface area contributed by atoms with Crippen LogP contribution in [0.1, 0.15) is 0 Å². The Balaban J connectivity index is 2.44. The van der Waals surface area contributed by atoms with Gasteiger partial charge in [-0.1, -0.05) is 22.9 Å². The maximum Gasteiger partial charge on any atom is 0.302 e. The smallest absolute Gasteiger partial charge is 0.300 e. The quantitative estimate of drug-likeness (QED) is 0.267. The predicted molar refractivity (Wildman–Crippen MR) is 68.5 cm³/mol. The number of pyridine rings is 1. The lowest BCUT2D eigenvalue weighted by Gasteiger charge is -1.98. The SMILES string of the molecule is NOCC=CCSSc1ncccc1[N+](=O)[O-]. The first-order valence-electron chi connectivity index (χ1n) is 4.61. The minimum Gasteiger partial charge on any atom is -0.300 e. The number of aromatic nitrogens is 1. The van der Waals surface area contributed by atoms with E-state index in [-0.39, 0.29) is 5.69 Å². The normalized spacial score (nSPS) is 10.9. The summed E-state index contributed by atoms with van der Waals surface area (Å²) in [6.07, 6.45) is 5.19. The molecule has 1 heterocycles. The minimum absolute atomic E-state index is 0.0271. The predicted octanol–water partition coefficient (Wildman–Crippen LogP) is 2.18. The lowest BCUT2D eigenvalue weighted by Crippen LogP contribution is -1.97. The highest BCUT2D eigenvalue weighted by Gasteiger charge is 2.14. The molecule has 0 saturated heterocycles. The second-order valence-electron chi connectivity index (χ2n) is 2.76. The summed E-state index contributed by atoms with van der Waals surface area (Å²) >= 11 is 0. The van der Waals surface area contributed by atoms with Crippen LogP contribution in [0.3, 0.4) is 0 Å². The third kappa shape index (κ3) is 5.18. The number of nitrogens with two attached hydrogens (primary N) is 1. The third-order valence-electron chi connectivity index (χ3n) is 1.61. The molecule has 1 rings (SSSR count). The summed E-state index contributed by atoms with van der Waals surface area (Å²) in [5.74, 6) is 5.54. The summed E-state index contributed by atoms with van der Waals surface area (Å²) in [6.45, 7) is 0.356. The number of hydrogen-bond donors (Lipinski definition) is 1. The molecular formula is C9H11N3O3S2. The van der Waals surface area contributed by atoms with Crippen LogP contribution in [0.2, 0.25) is 0 Å². The van der Waals surface area contributed by atoms with Crippen LogP contribution in [0.25, 0.3) is 0 Å². The first-order chi connectivity index (χ1) is 8.25. The molecule has 92 valence electrons. The summed E-state index contributed by atoms with van der Waals surface area (Å²) in [5, 5.41) is 11.1. The van der Waals surface area contributed by atoms with E-state index < -0.39 is 4.92 Å². The Morgan fingerprint density at radius 3 is 3.12 bits per heavy atom. The summed E-state index contributed by atoms with van der Waals surface area (Å²) in [4.78, 5) is 18.6. The zero-order valence-electron chi connectivity index (χ0n) is 8.81. The number of hydrogen-bond acceptors (Lipinski definition) is 7. The van der Waals surface area contributed by atoms with Crippen LogP contribution in [0.4, 0.5) is 5.69 Å². The topological polar surface area (TPSA) is 91.3 Å². The van der Waals surface area contributed by atoms with E-state index in [4.69, 9.17) is 5.90 Å². The van der Waals surface area contributed by atoms with Gasteiger partial charge in [-0.3, -0.25) is 10.1 Å². The van der Waals surface area contributed by atoms with Crippen LogP contribution in [-0.4, -0.2) is 22.3 Å². The molecule has 0 aliphatic carbocycles. The third-order valence-corrected chi connectivity index (χ3v) is 3.76. The lowest BCUT2D eigenvalue weighted by atomic mass is 10.4. The summed E-state index contributed by atoms with van der Waals surface area (Å²) in [7, 11) is 2.73. The fourth-order valence-electron chi connectivity index (χ4n) is 0.906. The zero-order valence-corrected chi connectivity index (χ0v) is 10.4. The Kier molecular flexibility index (Phi) is 6.63. The highest BCUT2D eigenvalue weighted by atomic mass is 33.1. The number of nitrogens with zero attached hydrogens (tertiary/aromatic N) is 2. The van der Waals surface area contributed by atoms with Crippen molar-refractivity contribution in [2.45, 2.75) is 5.03 Å². The molecule has 1 aromatic rings. The van der Waals surface area contributed by atoms with Gasteiger partial charge in [0.25, 0.3) is 0 Å². The maximum absolute atomic E-state index is 10.7. The molecule has 6 nitrogen and oxygen atoms in total. The van der Waals surface area contributed by atoms with Crippen molar-refractivity contribution >= 4 is 27.3 Å². The molecule has 0 unspecified atom stereocenters. The van der Waals surface area contributed by atoms with Crippen molar-refractivity contribution in [2.75, 3.05) is 12.4 Å². The van der Waals surface area contributed by atoms with Crippen LogP contribution in [0.15, 0.2) is 35.5 Å². The lowest BCUT2D eigenvalue weighted by molar-refractivity contribution is -0.388. The van der Waals surface area contributed by atoms with Gasteiger partial charge in [0.2, 0.25) is 0 Å². The van der Waals surface area contributed by atoms with Crippen LogP contribution >= 0.6 is 21.6 Å². The largest absolute Gasteiger partial charge is 0.302 e. The van der Waals surface area contributed by atoms with E-state index >= 15 is 0 Å². The molecule has 0 aliphatic heterocycles. The summed E-state index contributed by atoms with van der Waals surface area (Å²) in [5.41, 5.74) is 0.0271. The first kappa shape index (κ1) is 14.0. The van der Waals surface area contributed by atoms with Crippen molar-refractivity contribution in [1.82, 2.24) is 4.98 Å². The van der Waals surface area contributed by atoms with Crippen molar-refractivity contribution < 1.29 is 9.76 Å². The van der Waals surface area contributed by atoms with Crippen molar-refractivity contribution in [3.63, 3.8) is 0 Å². The Labute approximate surface area is 106 Å². The standard InChI is InChI=1S/C9H11N3O3S2/c10-15-6-1-2-7-16-17-9-8(12(13)14)4-3-5-11-9/h1-5H,6-7,10H2. The van der Waals surface area contributed by atoms with Gasteiger partial charge >= 0.3 is 5.69 Å². The molecule has 8 heteroatoms. The first-order valence-corrected chi connectivity index (χ1v) is 6.93. The molecular weight excluding hydrogens is 262 g/mol. The van der Waals surface area contributed by atoms with E-state index in [1.807, 2.05) is 6.08 Å². The van der Waals surface area contributed by atoms with Gasteiger partial charge < -0.3 is 4.84 Å². The fraction of sp³-hybridized carbons (Fsp3) is 0.222. The van der Waals surface area contributed by atoms with Gasteiger partial charge in [-0.15, -0.1) is 0 Å². The van der Waals surface area contributed by atoms with E-state index in [2.05, 4.69) is 9.82 Å². The van der Waals surface area contributed by atoms with Gasteiger partial charge in [-0.2, -0.15) is 0 Å². The van der Waals surface area contributed by atoms with Crippen molar-refractivity contribution in [1.29, 1.82) is 0 Å². The monoisotopic (exact) mass is 273 g/mol. The van der Waals surface area contributed by atoms with Gasteiger partial charge in [0.05, 0.1) is 11.5 Å². The Bertz CT molecular complexity index is 401. The van der Waals surface area contributed by atoms with Gasteiger partial charge in [-0.25, -0.2) is 10.9 Å². The molecule has 2 N–H and O–H groups in total. The van der Waals surface area contributed by atoms with Crippen LogP contribution in [0.5, 0.6) is 0 Å². The van der Waals surface area contributed by atoms with Crippen molar-refractivity contribution in [3.8, 4) is 0 Å². The molecule has 1 aromatic heterocycles. The molecule has 0 aliphatic rings. The average molecular weight is 273 g/mol. The summed E-state index contributed by atoms with van der Waals surface area (Å²) < 4.78 is 0. The molecule has 0 spiro atoms. The zero-order chi connectivity index (χ0) is 12.5. The average Bonchev–Trinajstić information content (AvgIpc) is 2.34. The van der Waals surface area contributed by atoms with Crippen LogP contribution in [-0.2, 0) is 4.84 Å². The second kappa shape index (κ2) is 8.07. The molecule has 0 saturated carbocycles. The number of rotatable bonds is 7. The van der Waals surface area contributed by atoms with Gasteiger partial charge in [-0.05, 0) is 16.9 Å². The van der Waals surface area contributed by atoms with Crippen LogP contribution in [0, 0.1) is 10.1 Å². The molecule has 0 aromatic carbocycles. The molecule has 0 atom stereocenters. The summed E-state index contributed by atoms with van der Waals surface area (Å²) in [6, 6.07) is 2.99. The Hall–Kier alpha value is -1.09. The highest BCUT2D eigenvalue weighted by Crippen LogP contribution is 2.35. The maximum atomic E-state index is 10.7. The fourth-order valence-corrected chi connectivity index (χ4v) is 2.79. The minimum atomic E-state index is -0.437. The van der Waals surface area contributed by atoms with E-state index in [0.717, 1.165) is 0 Å². The van der Waals surface area contributed by atoms with E-state index in [1.165, 1.54) is 33.9 Å². The molecule has 17 heavy (non-hydrogen) atoms.